The van der Waals surface area contributed by atoms with Crippen molar-refractivity contribution in [1.82, 2.24) is 4.98 Å². The number of carboxylic acid groups (broad SMARTS) is 1. The van der Waals surface area contributed by atoms with Crippen LogP contribution in [0.4, 0.5) is 4.39 Å². The van der Waals surface area contributed by atoms with Crippen LogP contribution in [0.5, 0.6) is 0 Å². The third-order valence-corrected chi connectivity index (χ3v) is 6.18. The highest BCUT2D eigenvalue weighted by atomic mass is 35.5. The van der Waals surface area contributed by atoms with Crippen molar-refractivity contribution in [3.63, 3.8) is 0 Å². The number of carbonyl (C=O) groups excluding carboxylic acids is 1. The summed E-state index contributed by atoms with van der Waals surface area (Å²) in [6.45, 7) is 0. The second kappa shape index (κ2) is 10.4. The molecule has 0 spiro atoms. The van der Waals surface area contributed by atoms with E-state index in [1.54, 1.807) is 36.4 Å². The van der Waals surface area contributed by atoms with Crippen LogP contribution < -0.4 is 0 Å². The molecule has 0 bridgehead atoms. The second-order valence-electron chi connectivity index (χ2n) is 7.95. The van der Waals surface area contributed by atoms with Gasteiger partial charge in [-0.1, -0.05) is 72.3 Å². The predicted octanol–water partition coefficient (Wildman–Crippen LogP) is 6.82. The van der Waals surface area contributed by atoms with Gasteiger partial charge in [0.05, 0.1) is 10.6 Å². The van der Waals surface area contributed by atoms with Crippen LogP contribution in [0, 0.1) is 5.95 Å². The number of aryl methyl sites for hydroxylation is 1. The number of benzene rings is 3. The third kappa shape index (κ3) is 5.21. The largest absolute Gasteiger partial charge is 0.478 e. The van der Waals surface area contributed by atoms with E-state index in [0.717, 1.165) is 28.5 Å². The quantitative estimate of drug-likeness (QED) is 0.225. The lowest BCUT2D eigenvalue weighted by Gasteiger charge is -2.21. The summed E-state index contributed by atoms with van der Waals surface area (Å²) in [5.74, 6) is -1.86. The van der Waals surface area contributed by atoms with Gasteiger partial charge in [-0.25, -0.2) is 9.78 Å². The Hall–Kier alpha value is -3.83. The summed E-state index contributed by atoms with van der Waals surface area (Å²) in [5, 5.41) is 9.42. The summed E-state index contributed by atoms with van der Waals surface area (Å²) < 4.78 is 14.0. The number of halogens is 2. The zero-order chi connectivity index (χ0) is 24.1. The molecular formula is C28H21ClFNO3. The molecule has 6 heteroatoms. The molecule has 0 amide bonds. The molecule has 34 heavy (non-hydrogen) atoms. The van der Waals surface area contributed by atoms with Crippen LogP contribution in [-0.2, 0) is 6.42 Å². The smallest absolute Gasteiger partial charge is 0.335 e. The first-order valence-electron chi connectivity index (χ1n) is 10.7. The van der Waals surface area contributed by atoms with Crippen molar-refractivity contribution in [2.24, 2.45) is 0 Å². The number of rotatable bonds is 8. The molecule has 4 aromatic rings. The van der Waals surface area contributed by atoms with E-state index in [1.165, 1.54) is 12.3 Å². The SMILES string of the molecule is O=Cc1ccccc1[C@@H](CCc1ccc(-c2ccc(C(=O)O)cc2)cc1)c1cc(F)ncc1Cl. The number of nitrogens with zero attached hydrogens (tertiary/aromatic N) is 1. The fraction of sp³-hybridized carbons (Fsp3) is 0.107. The average molecular weight is 474 g/mol. The van der Waals surface area contributed by atoms with E-state index in [-0.39, 0.29) is 11.5 Å². The first-order valence-corrected chi connectivity index (χ1v) is 11.1. The van der Waals surface area contributed by atoms with Gasteiger partial charge >= 0.3 is 5.97 Å². The third-order valence-electron chi connectivity index (χ3n) is 5.87. The minimum absolute atomic E-state index is 0.244. The van der Waals surface area contributed by atoms with Gasteiger partial charge in [-0.3, -0.25) is 4.79 Å². The van der Waals surface area contributed by atoms with E-state index in [9.17, 15) is 14.0 Å². The van der Waals surface area contributed by atoms with Crippen LogP contribution in [0.1, 0.15) is 49.7 Å². The van der Waals surface area contributed by atoms with Crippen LogP contribution in [0.2, 0.25) is 5.02 Å². The van der Waals surface area contributed by atoms with Gasteiger partial charge in [0, 0.05) is 17.7 Å². The average Bonchev–Trinajstić information content (AvgIpc) is 2.87. The molecule has 1 heterocycles. The van der Waals surface area contributed by atoms with Gasteiger partial charge in [0.1, 0.15) is 6.29 Å². The van der Waals surface area contributed by atoms with Crippen molar-refractivity contribution in [3.8, 4) is 11.1 Å². The topological polar surface area (TPSA) is 67.3 Å². The minimum atomic E-state index is -0.957. The zero-order valence-electron chi connectivity index (χ0n) is 18.1. The molecule has 0 saturated heterocycles. The molecule has 0 aliphatic carbocycles. The van der Waals surface area contributed by atoms with Gasteiger partial charge in [-0.15, -0.1) is 0 Å². The van der Waals surface area contributed by atoms with Crippen LogP contribution in [0.3, 0.4) is 0 Å². The monoisotopic (exact) mass is 473 g/mol. The first kappa shape index (κ1) is 23.3. The lowest BCUT2D eigenvalue weighted by molar-refractivity contribution is 0.0696. The maximum atomic E-state index is 14.0. The molecule has 3 aromatic carbocycles. The van der Waals surface area contributed by atoms with Crippen molar-refractivity contribution >= 4 is 23.9 Å². The maximum Gasteiger partial charge on any atom is 0.335 e. The van der Waals surface area contributed by atoms with Crippen molar-refractivity contribution in [1.29, 1.82) is 0 Å². The van der Waals surface area contributed by atoms with E-state index in [2.05, 4.69) is 4.98 Å². The highest BCUT2D eigenvalue weighted by Gasteiger charge is 2.21. The Kier molecular flexibility index (Phi) is 7.14. The number of aromatic nitrogens is 1. The van der Waals surface area contributed by atoms with Crippen LogP contribution in [0.15, 0.2) is 85.1 Å². The molecule has 170 valence electrons. The number of hydrogen-bond donors (Lipinski definition) is 1. The Morgan fingerprint density at radius 2 is 1.62 bits per heavy atom. The number of aldehydes is 1. The maximum absolute atomic E-state index is 14.0. The molecule has 0 saturated carbocycles. The highest BCUT2D eigenvalue weighted by molar-refractivity contribution is 6.31. The van der Waals surface area contributed by atoms with E-state index >= 15 is 0 Å². The summed E-state index contributed by atoms with van der Waals surface area (Å²) in [6, 6.07) is 23.3. The van der Waals surface area contributed by atoms with Crippen molar-refractivity contribution < 1.29 is 19.1 Å². The summed E-state index contributed by atoms with van der Waals surface area (Å²) >= 11 is 6.38. The van der Waals surface area contributed by atoms with Gasteiger partial charge in [0.15, 0.2) is 0 Å². The zero-order valence-corrected chi connectivity index (χ0v) is 18.9. The molecule has 0 aliphatic heterocycles. The first-order chi connectivity index (χ1) is 16.5. The van der Waals surface area contributed by atoms with Gasteiger partial charge in [0.25, 0.3) is 0 Å². The van der Waals surface area contributed by atoms with Gasteiger partial charge in [-0.2, -0.15) is 4.39 Å². The molecule has 4 nitrogen and oxygen atoms in total. The molecule has 0 radical (unpaired) electrons. The molecule has 4 rings (SSSR count). The van der Waals surface area contributed by atoms with Crippen molar-refractivity contribution in [2.75, 3.05) is 0 Å². The molecular weight excluding hydrogens is 453 g/mol. The Labute approximate surface area is 201 Å². The van der Waals surface area contributed by atoms with Crippen LogP contribution in [0.25, 0.3) is 11.1 Å². The molecule has 0 aliphatic rings. The number of hydrogen-bond acceptors (Lipinski definition) is 3. The normalized spacial score (nSPS) is 11.7. The van der Waals surface area contributed by atoms with E-state index in [1.807, 2.05) is 36.4 Å². The van der Waals surface area contributed by atoms with E-state index in [0.29, 0.717) is 29.0 Å². The van der Waals surface area contributed by atoms with Crippen LogP contribution in [-0.4, -0.2) is 22.3 Å². The highest BCUT2D eigenvalue weighted by Crippen LogP contribution is 2.35. The molecule has 0 fully saturated rings. The van der Waals surface area contributed by atoms with Gasteiger partial charge in [0.2, 0.25) is 5.95 Å². The fourth-order valence-electron chi connectivity index (χ4n) is 4.09. The van der Waals surface area contributed by atoms with E-state index < -0.39 is 11.9 Å². The standard InChI is InChI=1S/C28H21ClFNO3/c29-26-16-31-27(30)15-25(26)24(23-4-2-1-3-22(23)17-32)14-7-18-5-8-19(9-6-18)20-10-12-21(13-11-20)28(33)34/h1-6,8-13,15-17,24H,7,14H2,(H,33,34)/t24-/m1/s1. The summed E-state index contributed by atoms with van der Waals surface area (Å²) in [7, 11) is 0. The molecule has 0 unspecified atom stereocenters. The Morgan fingerprint density at radius 1 is 0.971 bits per heavy atom. The van der Waals surface area contributed by atoms with Gasteiger partial charge < -0.3 is 5.11 Å². The number of carboxylic acids is 1. The molecule has 1 atom stereocenters. The molecule has 1 N–H and O–H groups in total. The van der Waals surface area contributed by atoms with E-state index in [4.69, 9.17) is 16.7 Å². The number of pyridine rings is 1. The summed E-state index contributed by atoms with van der Waals surface area (Å²) in [6.07, 6.45) is 3.39. The predicted molar refractivity (Wildman–Crippen MR) is 130 cm³/mol. The number of carbonyl (C=O) groups is 2. The molecule has 1 aromatic heterocycles. The van der Waals surface area contributed by atoms with Crippen molar-refractivity contribution in [2.45, 2.75) is 18.8 Å². The Balaban J connectivity index is 1.58. The fourth-order valence-corrected chi connectivity index (χ4v) is 4.32. The van der Waals surface area contributed by atoms with Crippen LogP contribution >= 0.6 is 11.6 Å². The van der Waals surface area contributed by atoms with Crippen molar-refractivity contribution in [3.05, 3.63) is 124 Å². The lowest BCUT2D eigenvalue weighted by atomic mass is 9.84. The summed E-state index contributed by atoms with van der Waals surface area (Å²) in [4.78, 5) is 26.4. The number of aromatic carboxylic acids is 1. The lowest BCUT2D eigenvalue weighted by Crippen LogP contribution is -2.08. The second-order valence-corrected chi connectivity index (χ2v) is 8.35. The Morgan fingerprint density at radius 3 is 2.26 bits per heavy atom. The minimum Gasteiger partial charge on any atom is -0.478 e. The summed E-state index contributed by atoms with van der Waals surface area (Å²) in [5.41, 5.74) is 5.15. The Bertz CT molecular complexity index is 1320. The van der Waals surface area contributed by atoms with Gasteiger partial charge in [-0.05, 0) is 58.9 Å².